The van der Waals surface area contributed by atoms with Gasteiger partial charge in [-0.1, -0.05) is 12.1 Å². The topological polar surface area (TPSA) is 66.3 Å². The zero-order valence-electron chi connectivity index (χ0n) is 15.8. The van der Waals surface area contributed by atoms with Crippen LogP contribution < -0.4 is 10.2 Å². The van der Waals surface area contributed by atoms with E-state index >= 15 is 0 Å². The third-order valence-corrected chi connectivity index (χ3v) is 4.24. The van der Waals surface area contributed by atoms with E-state index in [1.54, 1.807) is 30.7 Å². The first-order valence-electron chi connectivity index (χ1n) is 8.71. The van der Waals surface area contributed by atoms with Crippen molar-refractivity contribution in [2.45, 2.75) is 13.1 Å². The van der Waals surface area contributed by atoms with Gasteiger partial charge in [-0.2, -0.15) is 0 Å². The lowest BCUT2D eigenvalue weighted by Gasteiger charge is -2.19. The van der Waals surface area contributed by atoms with Crippen molar-refractivity contribution < 1.29 is 4.79 Å². The number of rotatable bonds is 6. The molecule has 2 heterocycles. The molecule has 1 aromatic carbocycles. The van der Waals surface area contributed by atoms with Crippen LogP contribution in [0.3, 0.4) is 0 Å². The Morgan fingerprint density at radius 3 is 2.52 bits per heavy atom. The van der Waals surface area contributed by atoms with Crippen molar-refractivity contribution in [1.29, 1.82) is 0 Å². The van der Waals surface area contributed by atoms with E-state index in [0.717, 1.165) is 22.6 Å². The Bertz CT molecular complexity index is 874. The summed E-state index contributed by atoms with van der Waals surface area (Å²) in [5, 5.41) is 2.95. The highest BCUT2D eigenvalue weighted by molar-refractivity contribution is 5.73. The Balaban J connectivity index is 1.55. The van der Waals surface area contributed by atoms with Crippen molar-refractivity contribution >= 4 is 11.7 Å². The molecular formula is C20H24N6O. The monoisotopic (exact) mass is 364 g/mol. The highest BCUT2D eigenvalue weighted by Crippen LogP contribution is 2.13. The molecular weight excluding hydrogens is 340 g/mol. The number of carbonyl (C=O) groups excluding carboxylic acids is 1. The van der Waals surface area contributed by atoms with Gasteiger partial charge >= 0.3 is 6.03 Å². The first-order valence-corrected chi connectivity index (χ1v) is 8.71. The van der Waals surface area contributed by atoms with Crippen molar-refractivity contribution in [3.05, 3.63) is 72.4 Å². The van der Waals surface area contributed by atoms with Gasteiger partial charge in [0, 0.05) is 58.5 Å². The number of pyridine rings is 1. The van der Waals surface area contributed by atoms with E-state index in [9.17, 15) is 4.79 Å². The predicted octanol–water partition coefficient (Wildman–Crippen LogP) is 2.67. The van der Waals surface area contributed by atoms with Gasteiger partial charge in [-0.25, -0.2) is 14.8 Å². The van der Waals surface area contributed by atoms with E-state index in [0.29, 0.717) is 13.1 Å². The van der Waals surface area contributed by atoms with Gasteiger partial charge in [0.15, 0.2) is 0 Å². The van der Waals surface area contributed by atoms with Crippen molar-refractivity contribution in [3.63, 3.8) is 0 Å². The Hall–Kier alpha value is -3.35. The molecule has 0 unspecified atom stereocenters. The maximum atomic E-state index is 12.4. The van der Waals surface area contributed by atoms with Gasteiger partial charge in [0.2, 0.25) is 0 Å². The third-order valence-electron chi connectivity index (χ3n) is 4.24. The van der Waals surface area contributed by atoms with Crippen LogP contribution in [0.1, 0.15) is 11.1 Å². The molecule has 0 bridgehead atoms. The first kappa shape index (κ1) is 18.4. The summed E-state index contributed by atoms with van der Waals surface area (Å²) in [6, 6.07) is 11.9. The lowest BCUT2D eigenvalue weighted by atomic mass is 10.2. The van der Waals surface area contributed by atoms with Crippen LogP contribution in [0, 0.1) is 0 Å². The number of nitrogens with one attached hydrogen (secondary N) is 1. The van der Waals surface area contributed by atoms with Crippen LogP contribution in [0.5, 0.6) is 0 Å². The van der Waals surface area contributed by atoms with Crippen molar-refractivity contribution in [3.8, 4) is 5.82 Å². The number of anilines is 1. The normalized spacial score (nSPS) is 10.5. The molecule has 2 amide bonds. The summed E-state index contributed by atoms with van der Waals surface area (Å²) in [5.74, 6) is 0.772. The van der Waals surface area contributed by atoms with E-state index in [2.05, 4.69) is 27.4 Å². The summed E-state index contributed by atoms with van der Waals surface area (Å²) in [6.07, 6.45) is 6.96. The molecule has 0 radical (unpaired) electrons. The maximum absolute atomic E-state index is 12.4. The minimum absolute atomic E-state index is 0.118. The Morgan fingerprint density at radius 2 is 1.85 bits per heavy atom. The number of urea groups is 1. The van der Waals surface area contributed by atoms with Gasteiger partial charge in [-0.3, -0.25) is 4.57 Å². The van der Waals surface area contributed by atoms with Gasteiger partial charge in [0.25, 0.3) is 0 Å². The number of hydrogen-bond donors (Lipinski definition) is 1. The van der Waals surface area contributed by atoms with Crippen molar-refractivity contribution in [2.24, 2.45) is 0 Å². The smallest absolute Gasteiger partial charge is 0.317 e. The molecule has 0 fully saturated rings. The van der Waals surface area contributed by atoms with Gasteiger partial charge < -0.3 is 15.1 Å². The number of carbonyl (C=O) groups is 1. The summed E-state index contributed by atoms with van der Waals surface area (Å²) in [5.41, 5.74) is 3.20. The van der Waals surface area contributed by atoms with Gasteiger partial charge in [0.05, 0.1) is 0 Å². The highest BCUT2D eigenvalue weighted by Gasteiger charge is 2.09. The Morgan fingerprint density at radius 1 is 1.07 bits per heavy atom. The predicted molar refractivity (Wildman–Crippen MR) is 106 cm³/mol. The minimum Gasteiger partial charge on any atom is -0.378 e. The van der Waals surface area contributed by atoms with E-state index in [1.165, 1.54) is 0 Å². The van der Waals surface area contributed by atoms with Crippen LogP contribution in [-0.4, -0.2) is 46.6 Å². The molecule has 0 aliphatic heterocycles. The van der Waals surface area contributed by atoms with Crippen molar-refractivity contribution in [2.75, 3.05) is 26.0 Å². The molecule has 7 heteroatoms. The summed E-state index contributed by atoms with van der Waals surface area (Å²) in [4.78, 5) is 24.4. The molecule has 0 aliphatic rings. The molecule has 27 heavy (non-hydrogen) atoms. The first-order chi connectivity index (χ1) is 13.0. The van der Waals surface area contributed by atoms with Crippen molar-refractivity contribution in [1.82, 2.24) is 24.8 Å². The number of benzene rings is 1. The zero-order valence-corrected chi connectivity index (χ0v) is 15.8. The summed E-state index contributed by atoms with van der Waals surface area (Å²) >= 11 is 0. The fourth-order valence-electron chi connectivity index (χ4n) is 2.66. The van der Waals surface area contributed by atoms with E-state index < -0.39 is 0 Å². The molecule has 140 valence electrons. The number of hydrogen-bond acceptors (Lipinski definition) is 4. The maximum Gasteiger partial charge on any atom is 0.317 e. The molecule has 7 nitrogen and oxygen atoms in total. The number of imidazole rings is 1. The largest absolute Gasteiger partial charge is 0.378 e. The second-order valence-electron chi connectivity index (χ2n) is 6.57. The molecule has 0 atom stereocenters. The highest BCUT2D eigenvalue weighted by atomic mass is 16.2. The number of aromatic nitrogens is 3. The lowest BCUT2D eigenvalue weighted by molar-refractivity contribution is 0.206. The van der Waals surface area contributed by atoms with Gasteiger partial charge in [0.1, 0.15) is 12.1 Å². The Kier molecular flexibility index (Phi) is 5.71. The standard InChI is InChI=1S/C20H24N6O/c1-24(2)18-6-4-16(5-7-18)14-25(3)20(27)23-13-17-8-9-22-19(12-17)26-11-10-21-15-26/h4-12,15H,13-14H2,1-3H3,(H,23,27). The number of amides is 2. The van der Waals surface area contributed by atoms with Crippen LogP contribution in [0.25, 0.3) is 5.82 Å². The molecule has 3 rings (SSSR count). The summed E-state index contributed by atoms with van der Waals surface area (Å²) in [6.45, 7) is 0.989. The summed E-state index contributed by atoms with van der Waals surface area (Å²) < 4.78 is 1.83. The van der Waals surface area contributed by atoms with Gasteiger partial charge in [-0.15, -0.1) is 0 Å². The Labute approximate surface area is 159 Å². The molecule has 0 saturated heterocycles. The van der Waals surface area contributed by atoms with E-state index in [-0.39, 0.29) is 6.03 Å². The average molecular weight is 364 g/mol. The van der Waals surface area contributed by atoms with Gasteiger partial charge in [-0.05, 0) is 35.4 Å². The molecule has 0 spiro atoms. The quantitative estimate of drug-likeness (QED) is 0.730. The van der Waals surface area contributed by atoms with Crippen LogP contribution in [0.2, 0.25) is 0 Å². The SMILES string of the molecule is CN(Cc1ccc(N(C)C)cc1)C(=O)NCc1ccnc(-n2ccnc2)c1. The second-order valence-corrected chi connectivity index (χ2v) is 6.57. The zero-order chi connectivity index (χ0) is 19.2. The number of nitrogens with zero attached hydrogens (tertiary/aromatic N) is 5. The fourth-order valence-corrected chi connectivity index (χ4v) is 2.66. The van der Waals surface area contributed by atoms with Crippen LogP contribution in [0.4, 0.5) is 10.5 Å². The second kappa shape index (κ2) is 8.35. The fraction of sp³-hybridized carbons (Fsp3) is 0.250. The molecule has 3 aromatic rings. The van der Waals surface area contributed by atoms with E-state index in [1.807, 2.05) is 54.0 Å². The molecule has 1 N–H and O–H groups in total. The summed E-state index contributed by atoms with van der Waals surface area (Å²) in [7, 11) is 5.80. The van der Waals surface area contributed by atoms with E-state index in [4.69, 9.17) is 0 Å². The molecule has 0 aliphatic carbocycles. The minimum atomic E-state index is -0.118. The van der Waals surface area contributed by atoms with Crippen LogP contribution >= 0.6 is 0 Å². The molecule has 2 aromatic heterocycles. The average Bonchev–Trinajstić information content (AvgIpc) is 3.21. The lowest BCUT2D eigenvalue weighted by Crippen LogP contribution is -2.36. The third kappa shape index (κ3) is 4.84. The van der Waals surface area contributed by atoms with Crippen LogP contribution in [-0.2, 0) is 13.1 Å². The molecule has 0 saturated carbocycles. The van der Waals surface area contributed by atoms with Crippen LogP contribution in [0.15, 0.2) is 61.3 Å².